The van der Waals surface area contributed by atoms with E-state index in [4.69, 9.17) is 4.74 Å². The van der Waals surface area contributed by atoms with E-state index in [1.54, 1.807) is 13.0 Å². The van der Waals surface area contributed by atoms with Gasteiger partial charge in [0.15, 0.2) is 11.3 Å². The average Bonchev–Trinajstić information content (AvgIpc) is 2.30. The highest BCUT2D eigenvalue weighted by Gasteiger charge is 2.19. The van der Waals surface area contributed by atoms with Crippen molar-refractivity contribution in [2.45, 2.75) is 13.0 Å². The standard InChI is InChI=1S/C6H6O3S/c1-4-2-6(10-8)9-5(4)3-7/h2-3,5H,1H3. The van der Waals surface area contributed by atoms with Crippen molar-refractivity contribution < 1.29 is 13.7 Å². The first-order valence-corrected chi connectivity index (χ1v) is 3.49. The van der Waals surface area contributed by atoms with E-state index < -0.39 is 6.10 Å². The summed E-state index contributed by atoms with van der Waals surface area (Å²) in [5, 5.41) is 0.273. The molecule has 10 heavy (non-hydrogen) atoms. The zero-order valence-corrected chi connectivity index (χ0v) is 6.18. The third-order valence-corrected chi connectivity index (χ3v) is 1.62. The van der Waals surface area contributed by atoms with Gasteiger partial charge in [-0.1, -0.05) is 0 Å². The van der Waals surface area contributed by atoms with Crippen molar-refractivity contribution >= 4 is 22.6 Å². The van der Waals surface area contributed by atoms with E-state index in [0.717, 1.165) is 5.57 Å². The molecule has 0 spiro atoms. The number of rotatable bonds is 1. The van der Waals surface area contributed by atoms with Crippen molar-refractivity contribution in [2.75, 3.05) is 0 Å². The lowest BCUT2D eigenvalue weighted by atomic mass is 10.2. The predicted molar refractivity (Wildman–Crippen MR) is 37.8 cm³/mol. The van der Waals surface area contributed by atoms with Crippen LogP contribution >= 0.6 is 0 Å². The Hall–Kier alpha value is -0.740. The van der Waals surface area contributed by atoms with Crippen LogP contribution in [-0.2, 0) is 20.8 Å². The predicted octanol–water partition coefficient (Wildman–Crippen LogP) is -0.127. The van der Waals surface area contributed by atoms with E-state index >= 15 is 0 Å². The Kier molecular flexibility index (Phi) is 2.13. The Bertz CT molecular complexity index is 237. The van der Waals surface area contributed by atoms with Gasteiger partial charge in [0.05, 0.1) is 0 Å². The highest BCUT2D eigenvalue weighted by atomic mass is 32.1. The molecular formula is C6H6O3S. The molecule has 0 bridgehead atoms. The highest BCUT2D eigenvalue weighted by molar-refractivity contribution is 7.66. The van der Waals surface area contributed by atoms with Gasteiger partial charge in [-0.3, -0.25) is 0 Å². The van der Waals surface area contributed by atoms with E-state index in [-0.39, 0.29) is 16.3 Å². The van der Waals surface area contributed by atoms with E-state index in [0.29, 0.717) is 6.29 Å². The van der Waals surface area contributed by atoms with Gasteiger partial charge in [-0.15, -0.1) is 0 Å². The van der Waals surface area contributed by atoms with Crippen LogP contribution in [0.5, 0.6) is 0 Å². The highest BCUT2D eigenvalue weighted by Crippen LogP contribution is 2.11. The van der Waals surface area contributed by atoms with Gasteiger partial charge < -0.3 is 9.53 Å². The fourth-order valence-corrected chi connectivity index (χ4v) is 1.08. The molecule has 1 rings (SSSR count). The molecule has 0 aliphatic carbocycles. The second-order valence-corrected chi connectivity index (χ2v) is 2.53. The minimum Gasteiger partial charge on any atom is -0.318 e. The lowest BCUT2D eigenvalue weighted by Gasteiger charge is -1.98. The maximum atomic E-state index is 10.2. The van der Waals surface area contributed by atoms with Gasteiger partial charge in [0, 0.05) is 0 Å². The van der Waals surface area contributed by atoms with Gasteiger partial charge in [-0.05, 0) is 18.6 Å². The van der Waals surface area contributed by atoms with E-state index in [9.17, 15) is 9.00 Å². The van der Waals surface area contributed by atoms with Gasteiger partial charge in [-0.2, -0.15) is 0 Å². The molecule has 0 fully saturated rings. The van der Waals surface area contributed by atoms with Crippen molar-refractivity contribution in [3.05, 3.63) is 11.6 Å². The Morgan fingerprint density at radius 2 is 2.50 bits per heavy atom. The number of carbonyl (C=O) groups excluding carboxylic acids is 1. The Labute approximate surface area is 61.8 Å². The number of aldehydes is 1. The lowest BCUT2D eigenvalue weighted by molar-refractivity contribution is -0.112. The summed E-state index contributed by atoms with van der Waals surface area (Å²) in [5.41, 5.74) is 0.786. The van der Waals surface area contributed by atoms with Crippen molar-refractivity contribution in [1.29, 1.82) is 0 Å². The minimum absolute atomic E-state index is 0.264. The number of hydrogen-bond donors (Lipinski definition) is 0. The van der Waals surface area contributed by atoms with Crippen LogP contribution in [0.25, 0.3) is 0 Å². The monoisotopic (exact) mass is 158 g/mol. The van der Waals surface area contributed by atoms with Crippen LogP contribution in [0.2, 0.25) is 0 Å². The molecule has 0 radical (unpaired) electrons. The van der Waals surface area contributed by atoms with Gasteiger partial charge >= 0.3 is 0 Å². The summed E-state index contributed by atoms with van der Waals surface area (Å²) in [7, 11) is 0. The summed E-state index contributed by atoms with van der Waals surface area (Å²) in [6.07, 6.45) is 1.72. The van der Waals surface area contributed by atoms with Crippen LogP contribution in [0.1, 0.15) is 6.92 Å². The SMILES string of the molecule is CC1=CC(=S=O)OC1C=O. The maximum absolute atomic E-state index is 10.2. The fourth-order valence-electron chi connectivity index (χ4n) is 0.699. The first kappa shape index (κ1) is 7.37. The number of ether oxygens (including phenoxy) is 1. The first-order valence-electron chi connectivity index (χ1n) is 2.75. The maximum Gasteiger partial charge on any atom is 0.170 e. The van der Waals surface area contributed by atoms with E-state index in [1.807, 2.05) is 0 Å². The lowest BCUT2D eigenvalue weighted by Crippen LogP contribution is -2.11. The molecule has 0 saturated carbocycles. The summed E-state index contributed by atoms with van der Waals surface area (Å²) in [6, 6.07) is 0. The zero-order chi connectivity index (χ0) is 7.56. The number of carbonyl (C=O) groups is 1. The Morgan fingerprint density at radius 1 is 1.80 bits per heavy atom. The smallest absolute Gasteiger partial charge is 0.170 e. The molecule has 0 amide bonds. The Morgan fingerprint density at radius 3 is 2.80 bits per heavy atom. The van der Waals surface area contributed by atoms with Crippen LogP contribution in [0.15, 0.2) is 11.6 Å². The van der Waals surface area contributed by atoms with E-state index in [1.165, 1.54) is 0 Å². The van der Waals surface area contributed by atoms with Crippen LogP contribution in [0.3, 0.4) is 0 Å². The molecule has 1 heterocycles. The second-order valence-electron chi connectivity index (χ2n) is 1.97. The van der Waals surface area contributed by atoms with Gasteiger partial charge in [-0.25, -0.2) is 4.21 Å². The third kappa shape index (κ3) is 1.22. The topological polar surface area (TPSA) is 43.4 Å². The van der Waals surface area contributed by atoms with Gasteiger partial charge in [0.1, 0.15) is 17.4 Å². The fraction of sp³-hybridized carbons (Fsp3) is 0.333. The van der Waals surface area contributed by atoms with Gasteiger partial charge in [0.2, 0.25) is 0 Å². The minimum atomic E-state index is -0.531. The van der Waals surface area contributed by atoms with Crippen molar-refractivity contribution in [1.82, 2.24) is 0 Å². The van der Waals surface area contributed by atoms with Crippen molar-refractivity contribution in [3.63, 3.8) is 0 Å². The first-order chi connectivity index (χ1) is 4.77. The molecule has 1 aliphatic heterocycles. The molecule has 0 aromatic carbocycles. The molecule has 0 aromatic rings. The molecule has 54 valence electrons. The summed E-state index contributed by atoms with van der Waals surface area (Å²) in [6.45, 7) is 1.75. The second kappa shape index (κ2) is 2.90. The molecular weight excluding hydrogens is 152 g/mol. The molecule has 0 saturated heterocycles. The summed E-state index contributed by atoms with van der Waals surface area (Å²) in [4.78, 5) is 10.2. The van der Waals surface area contributed by atoms with Crippen LogP contribution in [0.4, 0.5) is 0 Å². The largest absolute Gasteiger partial charge is 0.318 e. The molecule has 0 N–H and O–H groups in total. The molecule has 4 heteroatoms. The van der Waals surface area contributed by atoms with Crippen molar-refractivity contribution in [3.8, 4) is 0 Å². The third-order valence-electron chi connectivity index (χ3n) is 1.24. The zero-order valence-electron chi connectivity index (χ0n) is 5.37. The normalized spacial score (nSPS) is 24.3. The summed E-state index contributed by atoms with van der Waals surface area (Å²) in [5.74, 6) is 0. The van der Waals surface area contributed by atoms with Crippen LogP contribution < -0.4 is 0 Å². The molecule has 1 unspecified atom stereocenters. The molecule has 1 aliphatic rings. The average molecular weight is 158 g/mol. The van der Waals surface area contributed by atoms with Crippen LogP contribution in [-0.4, -0.2) is 21.6 Å². The summed E-state index contributed by atoms with van der Waals surface area (Å²) < 4.78 is 15.0. The van der Waals surface area contributed by atoms with Gasteiger partial charge in [0.25, 0.3) is 0 Å². The quantitative estimate of drug-likeness (QED) is 0.394. The van der Waals surface area contributed by atoms with Crippen molar-refractivity contribution in [2.24, 2.45) is 0 Å². The summed E-state index contributed by atoms with van der Waals surface area (Å²) >= 11 is 0.264. The number of hydrogen-bond acceptors (Lipinski definition) is 3. The molecule has 3 nitrogen and oxygen atoms in total. The Balaban J connectivity index is 2.87. The molecule has 0 aromatic heterocycles. The van der Waals surface area contributed by atoms with Crippen LogP contribution in [0, 0.1) is 0 Å². The van der Waals surface area contributed by atoms with E-state index in [2.05, 4.69) is 0 Å². The molecule has 1 atom stereocenters.